The number of aromatic nitrogens is 3. The number of benzene rings is 1. The SMILES string of the molecule is CC(C(=O)NCCc1nncn1C)C(N)c1ccccc1. The minimum atomic E-state index is -0.305. The Morgan fingerprint density at radius 3 is 2.71 bits per heavy atom. The molecule has 6 heteroatoms. The molecule has 2 rings (SSSR count). The van der Waals surface area contributed by atoms with E-state index in [1.807, 2.05) is 48.9 Å². The first kappa shape index (κ1) is 15.2. The second-order valence-electron chi connectivity index (χ2n) is 5.12. The molecule has 0 spiro atoms. The molecule has 0 saturated carbocycles. The van der Waals surface area contributed by atoms with Crippen molar-refractivity contribution in [3.63, 3.8) is 0 Å². The number of nitrogens with zero attached hydrogens (tertiary/aromatic N) is 3. The van der Waals surface area contributed by atoms with Crippen LogP contribution in [-0.2, 0) is 18.3 Å². The maximum absolute atomic E-state index is 12.1. The van der Waals surface area contributed by atoms with E-state index in [1.165, 1.54) is 0 Å². The maximum atomic E-state index is 12.1. The Bertz CT molecular complexity index is 581. The summed E-state index contributed by atoms with van der Waals surface area (Å²) in [5.74, 6) is 0.510. The highest BCUT2D eigenvalue weighted by molar-refractivity contribution is 5.79. The number of aryl methyl sites for hydroxylation is 1. The zero-order valence-corrected chi connectivity index (χ0v) is 12.4. The monoisotopic (exact) mass is 287 g/mol. The Labute approximate surface area is 124 Å². The molecule has 1 heterocycles. The molecule has 0 aliphatic heterocycles. The highest BCUT2D eigenvalue weighted by atomic mass is 16.1. The lowest BCUT2D eigenvalue weighted by molar-refractivity contribution is -0.125. The molecule has 3 N–H and O–H groups in total. The van der Waals surface area contributed by atoms with Crippen LogP contribution in [0.4, 0.5) is 0 Å². The van der Waals surface area contributed by atoms with Gasteiger partial charge in [0, 0.05) is 26.1 Å². The quantitative estimate of drug-likeness (QED) is 0.823. The van der Waals surface area contributed by atoms with Crippen molar-refractivity contribution in [3.8, 4) is 0 Å². The first-order valence-electron chi connectivity index (χ1n) is 7.00. The zero-order chi connectivity index (χ0) is 15.2. The summed E-state index contributed by atoms with van der Waals surface area (Å²) in [6.45, 7) is 2.37. The molecule has 6 nitrogen and oxygen atoms in total. The molecule has 0 radical (unpaired) electrons. The summed E-state index contributed by atoms with van der Waals surface area (Å²) in [7, 11) is 1.88. The smallest absolute Gasteiger partial charge is 0.224 e. The molecule has 0 bridgehead atoms. The fourth-order valence-corrected chi connectivity index (χ4v) is 2.12. The molecular weight excluding hydrogens is 266 g/mol. The summed E-state index contributed by atoms with van der Waals surface area (Å²) in [4.78, 5) is 12.1. The van der Waals surface area contributed by atoms with Crippen molar-refractivity contribution in [2.45, 2.75) is 19.4 Å². The number of carbonyl (C=O) groups is 1. The van der Waals surface area contributed by atoms with Gasteiger partial charge >= 0.3 is 0 Å². The summed E-state index contributed by atoms with van der Waals surface area (Å²) in [6, 6.07) is 9.35. The van der Waals surface area contributed by atoms with E-state index in [4.69, 9.17) is 5.73 Å². The number of amides is 1. The lowest BCUT2D eigenvalue weighted by Gasteiger charge is -2.19. The highest BCUT2D eigenvalue weighted by Crippen LogP contribution is 2.18. The van der Waals surface area contributed by atoms with Crippen LogP contribution in [0, 0.1) is 5.92 Å². The van der Waals surface area contributed by atoms with Gasteiger partial charge in [0.1, 0.15) is 12.2 Å². The standard InChI is InChI=1S/C15H21N5O/c1-11(14(16)12-6-4-3-5-7-12)15(21)17-9-8-13-19-18-10-20(13)2/h3-7,10-11,14H,8-9,16H2,1-2H3,(H,17,21). The first-order chi connectivity index (χ1) is 10.1. The van der Waals surface area contributed by atoms with Crippen LogP contribution in [0.3, 0.4) is 0 Å². The number of nitrogens with one attached hydrogen (secondary N) is 1. The van der Waals surface area contributed by atoms with E-state index < -0.39 is 0 Å². The van der Waals surface area contributed by atoms with E-state index in [0.717, 1.165) is 11.4 Å². The summed E-state index contributed by atoms with van der Waals surface area (Å²) in [6.07, 6.45) is 2.29. The molecule has 0 fully saturated rings. The summed E-state index contributed by atoms with van der Waals surface area (Å²) in [5.41, 5.74) is 7.11. The summed E-state index contributed by atoms with van der Waals surface area (Å²) >= 11 is 0. The van der Waals surface area contributed by atoms with Crippen LogP contribution in [0.15, 0.2) is 36.7 Å². The van der Waals surface area contributed by atoms with Gasteiger partial charge in [-0.2, -0.15) is 0 Å². The molecule has 0 aliphatic rings. The lowest BCUT2D eigenvalue weighted by atomic mass is 9.95. The largest absolute Gasteiger partial charge is 0.355 e. The Balaban J connectivity index is 1.84. The summed E-state index contributed by atoms with van der Waals surface area (Å²) in [5, 5.41) is 10.7. The topological polar surface area (TPSA) is 85.8 Å². The van der Waals surface area contributed by atoms with Crippen LogP contribution in [-0.4, -0.2) is 27.2 Å². The van der Waals surface area contributed by atoms with Crippen LogP contribution >= 0.6 is 0 Å². The Hall–Kier alpha value is -2.21. The third kappa shape index (κ3) is 3.88. The Morgan fingerprint density at radius 1 is 1.38 bits per heavy atom. The molecule has 2 unspecified atom stereocenters. The predicted octanol–water partition coefficient (Wildman–Crippen LogP) is 0.810. The van der Waals surface area contributed by atoms with Gasteiger partial charge in [0.25, 0.3) is 0 Å². The Kier molecular flexibility index (Phi) is 5.05. The molecule has 0 saturated heterocycles. The van der Waals surface area contributed by atoms with E-state index in [2.05, 4.69) is 15.5 Å². The van der Waals surface area contributed by atoms with Gasteiger partial charge in [-0.25, -0.2) is 0 Å². The predicted molar refractivity (Wildman–Crippen MR) is 80.3 cm³/mol. The van der Waals surface area contributed by atoms with E-state index in [0.29, 0.717) is 13.0 Å². The lowest BCUT2D eigenvalue weighted by Crippen LogP contribution is -2.36. The molecule has 112 valence electrons. The first-order valence-corrected chi connectivity index (χ1v) is 7.00. The van der Waals surface area contributed by atoms with E-state index in [9.17, 15) is 4.79 Å². The molecule has 2 aromatic rings. The van der Waals surface area contributed by atoms with Crippen LogP contribution in [0.5, 0.6) is 0 Å². The second-order valence-corrected chi connectivity index (χ2v) is 5.12. The van der Waals surface area contributed by atoms with Crippen molar-refractivity contribution >= 4 is 5.91 Å². The van der Waals surface area contributed by atoms with Gasteiger partial charge in [-0.3, -0.25) is 4.79 Å². The zero-order valence-electron chi connectivity index (χ0n) is 12.4. The molecule has 2 atom stereocenters. The summed E-state index contributed by atoms with van der Waals surface area (Å²) < 4.78 is 1.84. The van der Waals surface area contributed by atoms with Crippen molar-refractivity contribution in [3.05, 3.63) is 48.0 Å². The fourth-order valence-electron chi connectivity index (χ4n) is 2.12. The number of hydrogen-bond donors (Lipinski definition) is 2. The molecule has 1 aromatic carbocycles. The van der Waals surface area contributed by atoms with Crippen LogP contribution in [0.1, 0.15) is 24.4 Å². The minimum absolute atomic E-state index is 0.0477. The van der Waals surface area contributed by atoms with Crippen molar-refractivity contribution in [2.75, 3.05) is 6.54 Å². The molecule has 21 heavy (non-hydrogen) atoms. The van der Waals surface area contributed by atoms with Gasteiger partial charge in [-0.15, -0.1) is 10.2 Å². The number of hydrogen-bond acceptors (Lipinski definition) is 4. The fraction of sp³-hybridized carbons (Fsp3) is 0.400. The van der Waals surface area contributed by atoms with E-state index in [1.54, 1.807) is 6.33 Å². The van der Waals surface area contributed by atoms with Crippen LogP contribution in [0.2, 0.25) is 0 Å². The highest BCUT2D eigenvalue weighted by Gasteiger charge is 2.21. The normalized spacial score (nSPS) is 13.7. The molecule has 1 amide bonds. The van der Waals surface area contributed by atoms with Gasteiger partial charge in [0.05, 0.1) is 5.92 Å². The van der Waals surface area contributed by atoms with E-state index in [-0.39, 0.29) is 17.9 Å². The minimum Gasteiger partial charge on any atom is -0.355 e. The van der Waals surface area contributed by atoms with Crippen molar-refractivity contribution in [1.82, 2.24) is 20.1 Å². The van der Waals surface area contributed by atoms with Gasteiger partial charge in [0.15, 0.2) is 0 Å². The molecular formula is C15H21N5O. The van der Waals surface area contributed by atoms with Gasteiger partial charge in [-0.05, 0) is 5.56 Å². The van der Waals surface area contributed by atoms with Crippen molar-refractivity contribution in [1.29, 1.82) is 0 Å². The van der Waals surface area contributed by atoms with Gasteiger partial charge in [0.2, 0.25) is 5.91 Å². The second kappa shape index (κ2) is 6.99. The third-order valence-corrected chi connectivity index (χ3v) is 3.59. The number of rotatable bonds is 6. The van der Waals surface area contributed by atoms with Crippen LogP contribution in [0.25, 0.3) is 0 Å². The average molecular weight is 287 g/mol. The van der Waals surface area contributed by atoms with Crippen molar-refractivity contribution in [2.24, 2.45) is 18.7 Å². The van der Waals surface area contributed by atoms with Crippen LogP contribution < -0.4 is 11.1 Å². The third-order valence-electron chi connectivity index (χ3n) is 3.59. The molecule has 1 aromatic heterocycles. The average Bonchev–Trinajstić information content (AvgIpc) is 2.92. The maximum Gasteiger partial charge on any atom is 0.224 e. The van der Waals surface area contributed by atoms with Gasteiger partial charge in [-0.1, -0.05) is 37.3 Å². The number of nitrogens with two attached hydrogens (primary N) is 1. The Morgan fingerprint density at radius 2 is 2.10 bits per heavy atom. The van der Waals surface area contributed by atoms with Crippen molar-refractivity contribution < 1.29 is 4.79 Å². The molecule has 0 aliphatic carbocycles. The number of carbonyl (C=O) groups excluding carboxylic acids is 1. The van der Waals surface area contributed by atoms with Gasteiger partial charge < -0.3 is 15.6 Å². The van der Waals surface area contributed by atoms with E-state index >= 15 is 0 Å².